The fraction of sp³-hybridized carbons (Fsp3) is 0.194. The zero-order chi connectivity index (χ0) is 30.9. The minimum atomic E-state index is -4.90. The highest BCUT2D eigenvalue weighted by atomic mass is 35.5. The Bertz CT molecular complexity index is 1780. The standard InChI is InChI=1S/C31H25ClF4N2O4S/c1-42-23-10-5-19(6-11-23)20-7-12-24(13-8-20)43(40,41)38-16-15-25-22(18-38)9-14-27(32)30(25)37-28(39)17-21-3-2-4-26(29(21)33)31(34,35)36/h2-14H,15-18H2,1H3,(H,37,39). The fourth-order valence-corrected chi connectivity index (χ4v) is 6.63. The number of rotatable bonds is 7. The van der Waals surface area contributed by atoms with E-state index in [2.05, 4.69) is 5.32 Å². The van der Waals surface area contributed by atoms with E-state index in [1.54, 1.807) is 37.4 Å². The third-order valence-corrected chi connectivity index (χ3v) is 9.41. The monoisotopic (exact) mass is 632 g/mol. The van der Waals surface area contributed by atoms with Crippen molar-refractivity contribution in [1.82, 2.24) is 4.31 Å². The molecule has 0 radical (unpaired) electrons. The number of nitrogens with zero attached hydrogens (tertiary/aromatic N) is 1. The molecule has 0 aromatic heterocycles. The smallest absolute Gasteiger partial charge is 0.419 e. The van der Waals surface area contributed by atoms with Crippen LogP contribution in [0.25, 0.3) is 11.1 Å². The van der Waals surface area contributed by atoms with E-state index >= 15 is 0 Å². The van der Waals surface area contributed by atoms with Crippen LogP contribution in [0.15, 0.2) is 83.8 Å². The molecule has 12 heteroatoms. The summed E-state index contributed by atoms with van der Waals surface area (Å²) in [6.45, 7) is 0.112. The number of carbonyl (C=O) groups excluding carboxylic acids is 1. The molecule has 0 saturated heterocycles. The van der Waals surface area contributed by atoms with Crippen molar-refractivity contribution in [2.24, 2.45) is 0 Å². The number of benzene rings is 4. The number of ether oxygens (including phenoxy) is 1. The molecule has 6 nitrogen and oxygen atoms in total. The first-order valence-corrected chi connectivity index (χ1v) is 14.9. The molecular weight excluding hydrogens is 608 g/mol. The van der Waals surface area contributed by atoms with Gasteiger partial charge in [0.25, 0.3) is 0 Å². The average molecular weight is 633 g/mol. The first-order chi connectivity index (χ1) is 20.4. The number of anilines is 1. The third-order valence-electron chi connectivity index (χ3n) is 7.23. The number of carbonyl (C=O) groups is 1. The SMILES string of the molecule is COc1ccc(-c2ccc(S(=O)(=O)N3CCc4c(ccc(Cl)c4NC(=O)Cc4cccc(C(F)(F)F)c4F)C3)cc2)cc1. The van der Waals surface area contributed by atoms with Crippen molar-refractivity contribution < 1.29 is 35.5 Å². The summed E-state index contributed by atoms with van der Waals surface area (Å²) in [6.07, 6.45) is -5.33. The molecule has 0 spiro atoms. The van der Waals surface area contributed by atoms with E-state index in [1.807, 2.05) is 24.3 Å². The van der Waals surface area contributed by atoms with Gasteiger partial charge in [0.1, 0.15) is 11.6 Å². The van der Waals surface area contributed by atoms with Crippen LogP contribution in [-0.4, -0.2) is 32.3 Å². The second-order valence-electron chi connectivity index (χ2n) is 9.90. The van der Waals surface area contributed by atoms with E-state index < -0.39 is 45.5 Å². The number of amides is 1. The summed E-state index contributed by atoms with van der Waals surface area (Å²) >= 11 is 6.35. The molecule has 0 fully saturated rings. The quantitative estimate of drug-likeness (QED) is 0.221. The maximum absolute atomic E-state index is 14.5. The molecule has 43 heavy (non-hydrogen) atoms. The van der Waals surface area contributed by atoms with Crippen molar-refractivity contribution in [3.63, 3.8) is 0 Å². The summed E-state index contributed by atoms with van der Waals surface area (Å²) in [5.74, 6) is -1.56. The largest absolute Gasteiger partial charge is 0.497 e. The summed E-state index contributed by atoms with van der Waals surface area (Å²) in [6, 6.07) is 19.9. The van der Waals surface area contributed by atoms with Gasteiger partial charge in [0.2, 0.25) is 15.9 Å². The molecule has 224 valence electrons. The van der Waals surface area contributed by atoms with E-state index in [-0.39, 0.29) is 35.1 Å². The Labute approximate surface area is 250 Å². The summed E-state index contributed by atoms with van der Waals surface area (Å²) in [5, 5.41) is 2.76. The van der Waals surface area contributed by atoms with Crippen molar-refractivity contribution in [2.45, 2.75) is 30.5 Å². The Morgan fingerprint density at radius 2 is 1.63 bits per heavy atom. The molecule has 0 atom stereocenters. The highest BCUT2D eigenvalue weighted by molar-refractivity contribution is 7.89. The number of alkyl halides is 3. The Morgan fingerprint density at radius 3 is 2.26 bits per heavy atom. The van der Waals surface area contributed by atoms with E-state index in [0.29, 0.717) is 22.9 Å². The number of methoxy groups -OCH3 is 1. The number of hydrogen-bond acceptors (Lipinski definition) is 4. The molecule has 0 saturated carbocycles. The zero-order valence-corrected chi connectivity index (χ0v) is 24.3. The second-order valence-corrected chi connectivity index (χ2v) is 12.2. The third kappa shape index (κ3) is 6.39. The summed E-state index contributed by atoms with van der Waals surface area (Å²) < 4.78 is 87.2. The highest BCUT2D eigenvalue weighted by Gasteiger charge is 2.35. The lowest BCUT2D eigenvalue weighted by Gasteiger charge is -2.30. The summed E-state index contributed by atoms with van der Waals surface area (Å²) in [7, 11) is -2.29. The van der Waals surface area contributed by atoms with Gasteiger partial charge in [-0.25, -0.2) is 12.8 Å². The van der Waals surface area contributed by atoms with Crippen LogP contribution in [0.4, 0.5) is 23.2 Å². The van der Waals surface area contributed by atoms with Gasteiger partial charge in [0.05, 0.1) is 34.7 Å². The molecule has 1 N–H and O–H groups in total. The van der Waals surface area contributed by atoms with Gasteiger partial charge in [-0.3, -0.25) is 4.79 Å². The first kappa shape index (κ1) is 30.5. The minimum absolute atomic E-state index is 0.0141. The van der Waals surface area contributed by atoms with E-state index in [0.717, 1.165) is 23.3 Å². The molecule has 0 bridgehead atoms. The van der Waals surface area contributed by atoms with Gasteiger partial charge in [-0.05, 0) is 70.6 Å². The van der Waals surface area contributed by atoms with Gasteiger partial charge in [-0.1, -0.05) is 54.1 Å². The van der Waals surface area contributed by atoms with Gasteiger partial charge in [-0.15, -0.1) is 0 Å². The fourth-order valence-electron chi connectivity index (χ4n) is 4.99. The lowest BCUT2D eigenvalue weighted by atomic mass is 9.98. The topological polar surface area (TPSA) is 75.7 Å². The molecule has 1 amide bonds. The van der Waals surface area contributed by atoms with Crippen LogP contribution in [0.3, 0.4) is 0 Å². The summed E-state index contributed by atoms with van der Waals surface area (Å²) in [5.41, 5.74) is 1.30. The lowest BCUT2D eigenvalue weighted by molar-refractivity contribution is -0.140. The van der Waals surface area contributed by atoms with E-state index in [1.165, 1.54) is 10.4 Å². The van der Waals surface area contributed by atoms with Gasteiger partial charge < -0.3 is 10.1 Å². The van der Waals surface area contributed by atoms with Crippen molar-refractivity contribution >= 4 is 33.2 Å². The van der Waals surface area contributed by atoms with Crippen molar-refractivity contribution in [3.05, 3.63) is 112 Å². The van der Waals surface area contributed by atoms with Crippen molar-refractivity contribution in [1.29, 1.82) is 0 Å². The van der Waals surface area contributed by atoms with Crippen LogP contribution < -0.4 is 10.1 Å². The highest BCUT2D eigenvalue weighted by Crippen LogP contribution is 2.36. The van der Waals surface area contributed by atoms with Crippen molar-refractivity contribution in [3.8, 4) is 16.9 Å². The van der Waals surface area contributed by atoms with E-state index in [4.69, 9.17) is 16.3 Å². The Hall–Kier alpha value is -3.93. The van der Waals surface area contributed by atoms with Crippen LogP contribution >= 0.6 is 11.6 Å². The Morgan fingerprint density at radius 1 is 0.977 bits per heavy atom. The second kappa shape index (κ2) is 12.0. The molecule has 1 aliphatic rings. The molecule has 0 aliphatic carbocycles. The number of nitrogens with one attached hydrogen (secondary N) is 1. The number of halogens is 5. The Kier molecular flexibility index (Phi) is 8.51. The van der Waals surface area contributed by atoms with Gasteiger partial charge in [0, 0.05) is 13.1 Å². The van der Waals surface area contributed by atoms with Crippen LogP contribution in [-0.2, 0) is 40.4 Å². The first-order valence-electron chi connectivity index (χ1n) is 13.1. The zero-order valence-electron chi connectivity index (χ0n) is 22.7. The van der Waals surface area contributed by atoms with Gasteiger partial charge in [0.15, 0.2) is 0 Å². The number of hydrogen-bond donors (Lipinski definition) is 1. The maximum Gasteiger partial charge on any atom is 0.419 e. The number of sulfonamides is 1. The molecule has 1 heterocycles. The predicted molar refractivity (Wildman–Crippen MR) is 155 cm³/mol. The minimum Gasteiger partial charge on any atom is -0.497 e. The van der Waals surface area contributed by atoms with Gasteiger partial charge >= 0.3 is 6.18 Å². The predicted octanol–water partition coefficient (Wildman–Crippen LogP) is 7.10. The van der Waals surface area contributed by atoms with Crippen molar-refractivity contribution in [2.75, 3.05) is 19.0 Å². The van der Waals surface area contributed by atoms with E-state index in [9.17, 15) is 30.8 Å². The molecule has 1 aliphatic heterocycles. The molecule has 0 unspecified atom stereocenters. The molecule has 5 rings (SSSR count). The normalized spacial score (nSPS) is 13.8. The maximum atomic E-state index is 14.5. The average Bonchev–Trinajstić information content (AvgIpc) is 2.99. The lowest BCUT2D eigenvalue weighted by Crippen LogP contribution is -2.36. The Balaban J connectivity index is 1.32. The van der Waals surface area contributed by atoms with Crippen LogP contribution in [0.5, 0.6) is 5.75 Å². The molecule has 4 aromatic carbocycles. The number of fused-ring (bicyclic) bond motifs is 1. The van der Waals surface area contributed by atoms with Crippen LogP contribution in [0.1, 0.15) is 22.3 Å². The summed E-state index contributed by atoms with van der Waals surface area (Å²) in [4.78, 5) is 12.9. The van der Waals surface area contributed by atoms with Crippen LogP contribution in [0.2, 0.25) is 5.02 Å². The van der Waals surface area contributed by atoms with Crippen LogP contribution in [0, 0.1) is 5.82 Å². The van der Waals surface area contributed by atoms with Gasteiger partial charge in [-0.2, -0.15) is 17.5 Å². The molecular formula is C31H25ClF4N2O4S. The molecule has 4 aromatic rings.